The van der Waals surface area contributed by atoms with Crippen molar-refractivity contribution in [1.82, 2.24) is 10.2 Å². The Bertz CT molecular complexity index is 703. The Morgan fingerprint density at radius 2 is 1.75 bits per heavy atom. The number of benzene rings is 2. The molecular weight excluding hydrogens is 298 g/mol. The summed E-state index contributed by atoms with van der Waals surface area (Å²) in [5.41, 5.74) is 10.4. The van der Waals surface area contributed by atoms with Gasteiger partial charge in [-0.2, -0.15) is 0 Å². The number of aryl methyl sites for hydroxylation is 1. The summed E-state index contributed by atoms with van der Waals surface area (Å²) in [5.74, 6) is -0.0825. The lowest BCUT2D eigenvalue weighted by Crippen LogP contribution is -2.23. The largest absolute Gasteiger partial charge is 0.399 e. The average molecular weight is 323 g/mol. The molecule has 0 saturated carbocycles. The van der Waals surface area contributed by atoms with Crippen molar-refractivity contribution in [3.05, 3.63) is 64.7 Å². The molecule has 1 saturated heterocycles. The normalized spacial score (nSPS) is 14.7. The average Bonchev–Trinajstić information content (AvgIpc) is 3.09. The fraction of sp³-hybridized carbons (Fsp3) is 0.350. The number of amides is 1. The smallest absolute Gasteiger partial charge is 0.251 e. The van der Waals surface area contributed by atoms with Gasteiger partial charge in [0.1, 0.15) is 0 Å². The van der Waals surface area contributed by atoms with Gasteiger partial charge in [-0.25, -0.2) is 0 Å². The summed E-state index contributed by atoms with van der Waals surface area (Å²) in [4.78, 5) is 14.8. The molecule has 0 aromatic heterocycles. The second kappa shape index (κ2) is 7.49. The molecule has 0 bridgehead atoms. The number of nitrogens with zero attached hydrogens (tertiary/aromatic N) is 1. The zero-order valence-electron chi connectivity index (χ0n) is 14.2. The minimum atomic E-state index is -0.0825. The van der Waals surface area contributed by atoms with E-state index in [0.717, 1.165) is 17.7 Å². The first-order valence-electron chi connectivity index (χ1n) is 8.56. The first kappa shape index (κ1) is 16.5. The van der Waals surface area contributed by atoms with Gasteiger partial charge in [0.2, 0.25) is 0 Å². The molecule has 24 heavy (non-hydrogen) atoms. The molecule has 3 rings (SSSR count). The molecule has 2 aromatic rings. The molecule has 1 amide bonds. The van der Waals surface area contributed by atoms with Crippen LogP contribution >= 0.6 is 0 Å². The highest BCUT2D eigenvalue weighted by atomic mass is 16.1. The highest BCUT2D eigenvalue weighted by Crippen LogP contribution is 2.14. The summed E-state index contributed by atoms with van der Waals surface area (Å²) >= 11 is 0. The molecule has 0 atom stereocenters. The van der Waals surface area contributed by atoms with Crippen molar-refractivity contribution in [1.29, 1.82) is 0 Å². The lowest BCUT2D eigenvalue weighted by atomic mass is 10.1. The maximum absolute atomic E-state index is 12.3. The van der Waals surface area contributed by atoms with Crippen LogP contribution in [0.2, 0.25) is 0 Å². The molecule has 0 unspecified atom stereocenters. The van der Waals surface area contributed by atoms with Crippen molar-refractivity contribution in [2.45, 2.75) is 32.9 Å². The van der Waals surface area contributed by atoms with E-state index in [2.05, 4.69) is 34.5 Å². The lowest BCUT2D eigenvalue weighted by Gasteiger charge is -2.15. The van der Waals surface area contributed by atoms with Gasteiger partial charge in [-0.15, -0.1) is 0 Å². The topological polar surface area (TPSA) is 58.4 Å². The second-order valence-corrected chi connectivity index (χ2v) is 6.56. The van der Waals surface area contributed by atoms with Crippen molar-refractivity contribution in [3.8, 4) is 0 Å². The maximum Gasteiger partial charge on any atom is 0.251 e. The number of carbonyl (C=O) groups is 1. The molecule has 1 aliphatic heterocycles. The molecule has 0 radical (unpaired) electrons. The third-order valence-corrected chi connectivity index (χ3v) is 4.59. The van der Waals surface area contributed by atoms with Crippen molar-refractivity contribution >= 4 is 11.6 Å². The van der Waals surface area contributed by atoms with E-state index in [1.54, 1.807) is 6.07 Å². The van der Waals surface area contributed by atoms with Crippen molar-refractivity contribution in [2.75, 3.05) is 18.8 Å². The summed E-state index contributed by atoms with van der Waals surface area (Å²) in [5, 5.41) is 2.97. The number of hydrogen-bond donors (Lipinski definition) is 2. The van der Waals surface area contributed by atoms with E-state index >= 15 is 0 Å². The predicted molar refractivity (Wildman–Crippen MR) is 97.7 cm³/mol. The van der Waals surface area contributed by atoms with Gasteiger partial charge in [0.05, 0.1) is 0 Å². The first-order chi connectivity index (χ1) is 11.6. The van der Waals surface area contributed by atoms with Crippen molar-refractivity contribution in [3.63, 3.8) is 0 Å². The van der Waals surface area contributed by atoms with Crippen LogP contribution in [-0.2, 0) is 13.1 Å². The number of nitrogens with one attached hydrogen (secondary N) is 1. The number of hydrogen-bond acceptors (Lipinski definition) is 3. The van der Waals surface area contributed by atoms with Gasteiger partial charge in [-0.05, 0) is 61.7 Å². The number of nitrogens with two attached hydrogens (primary N) is 1. The molecule has 0 aliphatic carbocycles. The third-order valence-electron chi connectivity index (χ3n) is 4.59. The van der Waals surface area contributed by atoms with E-state index < -0.39 is 0 Å². The number of anilines is 1. The van der Waals surface area contributed by atoms with Crippen LogP contribution < -0.4 is 11.1 Å². The van der Waals surface area contributed by atoms with Gasteiger partial charge < -0.3 is 11.1 Å². The zero-order valence-corrected chi connectivity index (χ0v) is 14.2. The van der Waals surface area contributed by atoms with Crippen LogP contribution in [0.25, 0.3) is 0 Å². The van der Waals surface area contributed by atoms with Crippen LogP contribution in [0.15, 0.2) is 42.5 Å². The molecule has 4 heteroatoms. The Kier molecular flexibility index (Phi) is 5.16. The Morgan fingerprint density at radius 1 is 1.08 bits per heavy atom. The summed E-state index contributed by atoms with van der Waals surface area (Å²) in [6, 6.07) is 13.9. The van der Waals surface area contributed by atoms with E-state index in [9.17, 15) is 4.79 Å². The summed E-state index contributed by atoms with van der Waals surface area (Å²) in [6.45, 7) is 5.88. The molecule has 3 N–H and O–H groups in total. The van der Waals surface area contributed by atoms with E-state index in [1.807, 2.05) is 19.1 Å². The van der Waals surface area contributed by atoms with E-state index in [4.69, 9.17) is 5.73 Å². The summed E-state index contributed by atoms with van der Waals surface area (Å²) < 4.78 is 0. The molecule has 1 fully saturated rings. The van der Waals surface area contributed by atoms with Crippen LogP contribution in [0.1, 0.15) is 39.9 Å². The summed E-state index contributed by atoms with van der Waals surface area (Å²) in [7, 11) is 0. The Hall–Kier alpha value is -2.33. The standard InChI is InChI=1S/C20H25N3O/c1-15-4-9-18(21)12-19(15)20(24)22-13-16-5-7-17(8-6-16)14-23-10-2-3-11-23/h4-9,12H,2-3,10-11,13-14,21H2,1H3,(H,22,24). The van der Waals surface area contributed by atoms with Gasteiger partial charge in [-0.1, -0.05) is 30.3 Å². The van der Waals surface area contributed by atoms with Crippen molar-refractivity contribution in [2.24, 2.45) is 0 Å². The highest BCUT2D eigenvalue weighted by molar-refractivity contribution is 5.96. The SMILES string of the molecule is Cc1ccc(N)cc1C(=O)NCc1ccc(CN2CCCC2)cc1. The van der Waals surface area contributed by atoms with Gasteiger partial charge in [0, 0.05) is 24.3 Å². The van der Waals surface area contributed by atoms with Crippen LogP contribution in [0.5, 0.6) is 0 Å². The second-order valence-electron chi connectivity index (χ2n) is 6.56. The van der Waals surface area contributed by atoms with Crippen LogP contribution in [-0.4, -0.2) is 23.9 Å². The number of likely N-dealkylation sites (tertiary alicyclic amines) is 1. The molecule has 0 spiro atoms. The number of nitrogen functional groups attached to an aromatic ring is 1. The lowest BCUT2D eigenvalue weighted by molar-refractivity contribution is 0.0950. The number of rotatable bonds is 5. The van der Waals surface area contributed by atoms with Gasteiger partial charge in [-0.3, -0.25) is 9.69 Å². The minimum absolute atomic E-state index is 0.0825. The first-order valence-corrected chi connectivity index (χ1v) is 8.56. The van der Waals surface area contributed by atoms with Gasteiger partial charge in [0.25, 0.3) is 5.91 Å². The molecule has 126 valence electrons. The monoisotopic (exact) mass is 323 g/mol. The quantitative estimate of drug-likeness (QED) is 0.831. The van der Waals surface area contributed by atoms with Crippen LogP contribution in [0.3, 0.4) is 0 Å². The van der Waals surface area contributed by atoms with E-state index in [-0.39, 0.29) is 5.91 Å². The molecular formula is C20H25N3O. The molecule has 1 heterocycles. The molecule has 1 aliphatic rings. The van der Waals surface area contributed by atoms with Gasteiger partial charge >= 0.3 is 0 Å². The summed E-state index contributed by atoms with van der Waals surface area (Å²) in [6.07, 6.45) is 2.63. The third kappa shape index (κ3) is 4.15. The van der Waals surface area contributed by atoms with Crippen molar-refractivity contribution < 1.29 is 4.79 Å². The maximum atomic E-state index is 12.3. The highest BCUT2D eigenvalue weighted by Gasteiger charge is 2.12. The minimum Gasteiger partial charge on any atom is -0.399 e. The molecule has 4 nitrogen and oxygen atoms in total. The van der Waals surface area contributed by atoms with E-state index in [0.29, 0.717) is 17.8 Å². The predicted octanol–water partition coefficient (Wildman–Crippen LogP) is 3.10. The van der Waals surface area contributed by atoms with Gasteiger partial charge in [0.15, 0.2) is 0 Å². The van der Waals surface area contributed by atoms with Crippen LogP contribution in [0.4, 0.5) is 5.69 Å². The Balaban J connectivity index is 1.56. The fourth-order valence-electron chi connectivity index (χ4n) is 3.12. The van der Waals surface area contributed by atoms with E-state index in [1.165, 1.54) is 31.5 Å². The Morgan fingerprint density at radius 3 is 2.46 bits per heavy atom. The fourth-order valence-corrected chi connectivity index (χ4v) is 3.12. The Labute approximate surface area is 143 Å². The zero-order chi connectivity index (χ0) is 16.9. The number of carbonyl (C=O) groups excluding carboxylic acids is 1. The van der Waals surface area contributed by atoms with Crippen LogP contribution in [0, 0.1) is 6.92 Å². The molecule has 2 aromatic carbocycles.